The van der Waals surface area contributed by atoms with E-state index in [4.69, 9.17) is 0 Å². The second-order valence-corrected chi connectivity index (χ2v) is 3.47. The summed E-state index contributed by atoms with van der Waals surface area (Å²) in [5.74, 6) is -0.961. The third kappa shape index (κ3) is 6.47. The number of hydrogen-bond donors (Lipinski definition) is 0. The van der Waals surface area contributed by atoms with Crippen molar-refractivity contribution in [2.24, 2.45) is 0 Å². The quantitative estimate of drug-likeness (QED) is 0.654. The number of hydrogen-bond acceptors (Lipinski definition) is 2. The van der Waals surface area contributed by atoms with Crippen LogP contribution in [0.2, 0.25) is 0 Å². The van der Waals surface area contributed by atoms with Gasteiger partial charge in [0.1, 0.15) is 0 Å². The molecule has 0 N–H and O–H groups in total. The van der Waals surface area contributed by atoms with Crippen LogP contribution in [0, 0.1) is 0 Å². The van der Waals surface area contributed by atoms with Crippen molar-refractivity contribution in [2.45, 2.75) is 19.8 Å². The van der Waals surface area contributed by atoms with E-state index >= 15 is 0 Å². The Morgan fingerprint density at radius 2 is 1.35 bits per heavy atom. The van der Waals surface area contributed by atoms with Crippen LogP contribution < -0.4 is 34.7 Å². The number of carboxylic acid groups (broad SMARTS) is 1. The first-order valence-corrected chi connectivity index (χ1v) is 5.37. The molecule has 0 atom stereocenters. The van der Waals surface area contributed by atoms with Crippen molar-refractivity contribution in [3.05, 3.63) is 48.5 Å². The van der Waals surface area contributed by atoms with E-state index in [1.807, 2.05) is 0 Å². The summed E-state index contributed by atoms with van der Waals surface area (Å²) in [6, 6.07) is 16.7. The van der Waals surface area contributed by atoms with Crippen LogP contribution in [0.1, 0.15) is 19.8 Å². The average Bonchev–Trinajstić information content (AvgIpc) is 2.30. The van der Waals surface area contributed by atoms with Gasteiger partial charge in [0.25, 0.3) is 0 Å². The van der Waals surface area contributed by atoms with Crippen LogP contribution in [0.15, 0.2) is 48.5 Å². The first-order chi connectivity index (χ1) is 7.74. The zero-order chi connectivity index (χ0) is 11.8. The molecule has 0 aromatic heterocycles. The fourth-order valence-corrected chi connectivity index (χ4v) is 1.34. The third-order valence-corrected chi connectivity index (χ3v) is 2.11. The van der Waals surface area contributed by atoms with Crippen molar-refractivity contribution < 1.29 is 39.5 Å². The maximum atomic E-state index is 9.49. The van der Waals surface area contributed by atoms with E-state index in [1.165, 1.54) is 10.8 Å². The molecule has 0 aliphatic rings. The van der Waals surface area contributed by atoms with Crippen molar-refractivity contribution in [3.63, 3.8) is 0 Å². The van der Waals surface area contributed by atoms with Crippen LogP contribution in [-0.2, 0) is 4.79 Å². The Morgan fingerprint density at radius 1 is 1.00 bits per heavy atom. The molecule has 17 heavy (non-hydrogen) atoms. The Balaban J connectivity index is 0.000000324. The van der Waals surface area contributed by atoms with Gasteiger partial charge in [0.05, 0.1) is 0 Å². The summed E-state index contributed by atoms with van der Waals surface area (Å²) >= 11 is 0. The molecule has 0 spiro atoms. The molecule has 0 radical (unpaired) electrons. The largest absolute Gasteiger partial charge is 1.00 e. The van der Waals surface area contributed by atoms with Crippen LogP contribution in [0.5, 0.6) is 0 Å². The van der Waals surface area contributed by atoms with Gasteiger partial charge in [-0.1, -0.05) is 61.9 Å². The summed E-state index contributed by atoms with van der Waals surface area (Å²) in [4.78, 5) is 9.49. The molecule has 0 saturated carbocycles. The molecular formula is C14H15NaO2. The molecule has 2 aromatic rings. The van der Waals surface area contributed by atoms with E-state index in [0.29, 0.717) is 6.42 Å². The first-order valence-electron chi connectivity index (χ1n) is 5.37. The Hall–Kier alpha value is -0.830. The molecule has 3 heteroatoms. The third-order valence-electron chi connectivity index (χ3n) is 2.11. The Morgan fingerprint density at radius 3 is 1.53 bits per heavy atom. The van der Waals surface area contributed by atoms with Crippen molar-refractivity contribution >= 4 is 16.7 Å². The maximum absolute atomic E-state index is 9.49. The van der Waals surface area contributed by atoms with Gasteiger partial charge in [-0.25, -0.2) is 0 Å². The molecule has 2 rings (SSSR count). The van der Waals surface area contributed by atoms with Gasteiger partial charge >= 0.3 is 29.6 Å². The summed E-state index contributed by atoms with van der Waals surface area (Å²) in [6.07, 6.45) is 0.850. The molecule has 0 aliphatic heterocycles. The minimum atomic E-state index is -0.961. The van der Waals surface area contributed by atoms with Gasteiger partial charge < -0.3 is 9.90 Å². The molecule has 2 nitrogen and oxygen atoms in total. The zero-order valence-corrected chi connectivity index (χ0v) is 12.3. The maximum Gasteiger partial charge on any atom is 1.00 e. The molecular weight excluding hydrogens is 223 g/mol. The van der Waals surface area contributed by atoms with Crippen LogP contribution >= 0.6 is 0 Å². The smallest absolute Gasteiger partial charge is 0.550 e. The fraction of sp³-hybridized carbons (Fsp3) is 0.214. The summed E-state index contributed by atoms with van der Waals surface area (Å²) in [6.45, 7) is 1.80. The summed E-state index contributed by atoms with van der Waals surface area (Å²) in [5.41, 5.74) is 0. The molecule has 0 heterocycles. The Kier molecular flexibility index (Phi) is 8.78. The van der Waals surface area contributed by atoms with Gasteiger partial charge in [0.2, 0.25) is 0 Å². The van der Waals surface area contributed by atoms with E-state index in [2.05, 4.69) is 48.5 Å². The van der Waals surface area contributed by atoms with Gasteiger partial charge in [0, 0.05) is 5.97 Å². The van der Waals surface area contributed by atoms with Gasteiger partial charge in [-0.2, -0.15) is 0 Å². The van der Waals surface area contributed by atoms with E-state index in [1.54, 1.807) is 6.92 Å². The van der Waals surface area contributed by atoms with Crippen LogP contribution in [0.4, 0.5) is 0 Å². The normalized spacial score (nSPS) is 8.76. The molecule has 84 valence electrons. The molecule has 0 fully saturated rings. The van der Waals surface area contributed by atoms with E-state index < -0.39 is 5.97 Å². The summed E-state index contributed by atoms with van der Waals surface area (Å²) in [7, 11) is 0. The molecule has 0 unspecified atom stereocenters. The van der Waals surface area contributed by atoms with E-state index in [0.717, 1.165) is 0 Å². The monoisotopic (exact) mass is 238 g/mol. The predicted molar refractivity (Wildman–Crippen MR) is 63.9 cm³/mol. The standard InChI is InChI=1S/C10H8.C4H8O2.Na/c1-2-6-10-8-4-3-7-9(10)5-1;1-2-3-4(5)6;/h1-8H;2-3H2,1H3,(H,5,6);/q;;+1/p-1. The Bertz CT molecular complexity index is 389. The zero-order valence-electron chi connectivity index (χ0n) is 10.3. The number of benzene rings is 2. The SMILES string of the molecule is CCCC(=O)[O-].[Na+].c1ccc2ccccc2c1. The number of fused-ring (bicyclic) bond motifs is 1. The van der Waals surface area contributed by atoms with Crippen molar-refractivity contribution in [3.8, 4) is 0 Å². The molecule has 0 bridgehead atoms. The molecule has 0 aliphatic carbocycles. The first kappa shape index (κ1) is 16.2. The van der Waals surface area contributed by atoms with Gasteiger partial charge in [0.15, 0.2) is 0 Å². The molecule has 0 saturated heterocycles. The van der Waals surface area contributed by atoms with Crippen LogP contribution in [-0.4, -0.2) is 5.97 Å². The average molecular weight is 238 g/mol. The second kappa shape index (κ2) is 9.23. The van der Waals surface area contributed by atoms with Crippen molar-refractivity contribution in [1.29, 1.82) is 0 Å². The summed E-state index contributed by atoms with van der Waals surface area (Å²) < 4.78 is 0. The van der Waals surface area contributed by atoms with Gasteiger partial charge in [-0.05, 0) is 17.2 Å². The van der Waals surface area contributed by atoms with Gasteiger partial charge in [-0.3, -0.25) is 0 Å². The van der Waals surface area contributed by atoms with Crippen LogP contribution in [0.25, 0.3) is 10.8 Å². The number of carbonyl (C=O) groups is 1. The predicted octanol–water partition coefficient (Wildman–Crippen LogP) is -0.620. The van der Waals surface area contributed by atoms with Crippen LogP contribution in [0.3, 0.4) is 0 Å². The molecule has 2 aromatic carbocycles. The summed E-state index contributed by atoms with van der Waals surface area (Å²) in [5, 5.41) is 12.1. The number of aliphatic carboxylic acids is 1. The van der Waals surface area contributed by atoms with Gasteiger partial charge in [-0.15, -0.1) is 0 Å². The van der Waals surface area contributed by atoms with E-state index in [-0.39, 0.29) is 36.0 Å². The fourth-order valence-electron chi connectivity index (χ4n) is 1.34. The van der Waals surface area contributed by atoms with E-state index in [9.17, 15) is 9.90 Å². The minimum Gasteiger partial charge on any atom is -0.550 e. The minimum absolute atomic E-state index is 0. The topological polar surface area (TPSA) is 40.1 Å². The Labute approximate surface area is 124 Å². The van der Waals surface area contributed by atoms with Crippen molar-refractivity contribution in [2.75, 3.05) is 0 Å². The second-order valence-electron chi connectivity index (χ2n) is 3.47. The number of rotatable bonds is 2. The molecule has 0 amide bonds. The van der Waals surface area contributed by atoms with Crippen molar-refractivity contribution in [1.82, 2.24) is 0 Å². The number of carboxylic acids is 1. The number of carbonyl (C=O) groups excluding carboxylic acids is 1.